The number of hydrogen-bond acceptors (Lipinski definition) is 3. The van der Waals surface area contributed by atoms with Gasteiger partial charge in [-0.1, -0.05) is 24.3 Å². The van der Waals surface area contributed by atoms with E-state index in [4.69, 9.17) is 0 Å². The molecule has 2 bridgehead atoms. The Hall–Kier alpha value is -2.17. The standard InChI is InChI=1S/C16H16N2O3/c19-16(12-3-1-2-4-15(12)18(20)21)17-8-13-10-5-6-11(7-10)14(13)9-17/h1-6,10-11,13-14H,7-9H2/t10-,11+,13-,14-/m0/s1. The number of hydrogen-bond donors (Lipinski definition) is 0. The number of nitro benzene ring substituents is 1. The molecule has 0 spiro atoms. The van der Waals surface area contributed by atoms with E-state index in [2.05, 4.69) is 12.2 Å². The van der Waals surface area contributed by atoms with Gasteiger partial charge in [-0.3, -0.25) is 14.9 Å². The summed E-state index contributed by atoms with van der Waals surface area (Å²) in [5, 5.41) is 11.1. The largest absolute Gasteiger partial charge is 0.338 e. The lowest BCUT2D eigenvalue weighted by Crippen LogP contribution is -2.30. The number of likely N-dealkylation sites (tertiary alicyclic amines) is 1. The van der Waals surface area contributed by atoms with Gasteiger partial charge < -0.3 is 4.90 Å². The molecule has 3 aliphatic rings. The topological polar surface area (TPSA) is 63.4 Å². The Morgan fingerprint density at radius 2 is 1.76 bits per heavy atom. The Morgan fingerprint density at radius 1 is 1.14 bits per heavy atom. The SMILES string of the molecule is O=C(c1ccccc1[N+](=O)[O-])N1C[C@@H]2[C@@H](C1)[C@H]1C=C[C@@H]2C1. The normalized spacial score (nSPS) is 32.5. The molecule has 2 fully saturated rings. The number of nitrogens with zero attached hydrogens (tertiary/aromatic N) is 2. The average molecular weight is 284 g/mol. The molecule has 1 saturated heterocycles. The second-order valence-corrected chi connectivity index (χ2v) is 6.26. The monoisotopic (exact) mass is 284 g/mol. The highest BCUT2D eigenvalue weighted by atomic mass is 16.6. The molecule has 1 aromatic rings. The van der Waals surface area contributed by atoms with Crippen LogP contribution in [0.2, 0.25) is 0 Å². The molecule has 0 N–H and O–H groups in total. The fourth-order valence-corrected chi connectivity index (χ4v) is 4.30. The van der Waals surface area contributed by atoms with E-state index in [1.165, 1.54) is 12.5 Å². The molecule has 108 valence electrons. The first-order valence-corrected chi connectivity index (χ1v) is 7.36. The van der Waals surface area contributed by atoms with Gasteiger partial charge in [0.25, 0.3) is 11.6 Å². The van der Waals surface area contributed by atoms with Crippen LogP contribution in [0.5, 0.6) is 0 Å². The highest BCUT2D eigenvalue weighted by molar-refractivity contribution is 5.98. The van der Waals surface area contributed by atoms with Crippen LogP contribution in [0.4, 0.5) is 5.69 Å². The zero-order valence-electron chi connectivity index (χ0n) is 11.5. The summed E-state index contributed by atoms with van der Waals surface area (Å²) in [6.07, 6.45) is 5.79. The fraction of sp³-hybridized carbons (Fsp3) is 0.438. The minimum Gasteiger partial charge on any atom is -0.338 e. The van der Waals surface area contributed by atoms with Gasteiger partial charge in [0.2, 0.25) is 0 Å². The minimum atomic E-state index is -0.477. The highest BCUT2D eigenvalue weighted by Crippen LogP contribution is 2.51. The number of carbonyl (C=O) groups excluding carboxylic acids is 1. The predicted molar refractivity (Wildman–Crippen MR) is 76.7 cm³/mol. The number of carbonyl (C=O) groups is 1. The van der Waals surface area contributed by atoms with Crippen molar-refractivity contribution >= 4 is 11.6 Å². The number of fused-ring (bicyclic) bond motifs is 5. The van der Waals surface area contributed by atoms with Gasteiger partial charge in [0.1, 0.15) is 5.56 Å². The number of para-hydroxylation sites is 1. The van der Waals surface area contributed by atoms with Gasteiger partial charge in [-0.2, -0.15) is 0 Å². The Balaban J connectivity index is 1.59. The van der Waals surface area contributed by atoms with Crippen LogP contribution in [-0.2, 0) is 0 Å². The third-order valence-corrected chi connectivity index (χ3v) is 5.28. The minimum absolute atomic E-state index is 0.0966. The molecule has 5 nitrogen and oxygen atoms in total. The summed E-state index contributed by atoms with van der Waals surface area (Å²) in [5.74, 6) is 2.10. The van der Waals surface area contributed by atoms with E-state index in [-0.39, 0.29) is 17.2 Å². The van der Waals surface area contributed by atoms with Crippen LogP contribution in [-0.4, -0.2) is 28.8 Å². The molecular weight excluding hydrogens is 268 g/mol. The van der Waals surface area contributed by atoms with E-state index in [0.717, 1.165) is 13.1 Å². The van der Waals surface area contributed by atoms with Crippen LogP contribution in [0, 0.1) is 33.8 Å². The maximum atomic E-state index is 12.6. The third kappa shape index (κ3) is 1.80. The molecule has 0 unspecified atom stereocenters. The zero-order valence-corrected chi connectivity index (χ0v) is 11.5. The molecule has 1 aromatic carbocycles. The predicted octanol–water partition coefficient (Wildman–Crippen LogP) is 2.49. The van der Waals surface area contributed by atoms with Crippen LogP contribution < -0.4 is 0 Å². The van der Waals surface area contributed by atoms with Crippen molar-refractivity contribution in [3.8, 4) is 0 Å². The van der Waals surface area contributed by atoms with Crippen LogP contribution in [0.3, 0.4) is 0 Å². The molecule has 4 rings (SSSR count). The highest BCUT2D eigenvalue weighted by Gasteiger charge is 2.50. The average Bonchev–Trinajstić information content (AvgIpc) is 3.18. The van der Waals surface area contributed by atoms with Crippen molar-refractivity contribution in [1.82, 2.24) is 4.90 Å². The molecule has 4 atom stereocenters. The maximum Gasteiger partial charge on any atom is 0.282 e. The molecule has 5 heteroatoms. The maximum absolute atomic E-state index is 12.6. The summed E-state index contributed by atoms with van der Waals surface area (Å²) < 4.78 is 0. The first-order chi connectivity index (χ1) is 10.1. The third-order valence-electron chi connectivity index (χ3n) is 5.28. The summed E-state index contributed by atoms with van der Waals surface area (Å²) in [6.45, 7) is 1.47. The van der Waals surface area contributed by atoms with Gasteiger partial charge >= 0.3 is 0 Å². The number of benzene rings is 1. The lowest BCUT2D eigenvalue weighted by Gasteiger charge is -2.18. The van der Waals surface area contributed by atoms with Crippen molar-refractivity contribution < 1.29 is 9.72 Å². The lowest BCUT2D eigenvalue weighted by molar-refractivity contribution is -0.385. The molecule has 1 heterocycles. The molecule has 1 saturated carbocycles. The fourth-order valence-electron chi connectivity index (χ4n) is 4.30. The molecule has 1 aliphatic heterocycles. The Kier molecular flexibility index (Phi) is 2.64. The summed E-state index contributed by atoms with van der Waals surface area (Å²) in [7, 11) is 0. The Labute approximate surface area is 122 Å². The van der Waals surface area contributed by atoms with Crippen molar-refractivity contribution in [2.75, 3.05) is 13.1 Å². The van der Waals surface area contributed by atoms with Crippen molar-refractivity contribution in [3.63, 3.8) is 0 Å². The van der Waals surface area contributed by atoms with E-state index in [0.29, 0.717) is 23.7 Å². The molecule has 1 amide bonds. The summed E-state index contributed by atoms with van der Waals surface area (Å²) in [6, 6.07) is 6.23. The second kappa shape index (κ2) is 4.41. The number of nitro groups is 1. The van der Waals surface area contributed by atoms with E-state index in [1.54, 1.807) is 18.2 Å². The van der Waals surface area contributed by atoms with Crippen LogP contribution in [0.25, 0.3) is 0 Å². The number of rotatable bonds is 2. The molecule has 0 radical (unpaired) electrons. The molecular formula is C16H16N2O3. The van der Waals surface area contributed by atoms with Gasteiger partial charge in [-0.25, -0.2) is 0 Å². The van der Waals surface area contributed by atoms with Gasteiger partial charge in [0.15, 0.2) is 0 Å². The van der Waals surface area contributed by atoms with Gasteiger partial charge in [0.05, 0.1) is 4.92 Å². The summed E-state index contributed by atoms with van der Waals surface area (Å²) in [5.41, 5.74) is 0.114. The van der Waals surface area contributed by atoms with E-state index < -0.39 is 4.92 Å². The molecule has 0 aromatic heterocycles. The van der Waals surface area contributed by atoms with Crippen LogP contribution in [0.15, 0.2) is 36.4 Å². The summed E-state index contributed by atoms with van der Waals surface area (Å²) >= 11 is 0. The van der Waals surface area contributed by atoms with Crippen molar-refractivity contribution in [3.05, 3.63) is 52.1 Å². The van der Waals surface area contributed by atoms with Crippen LogP contribution >= 0.6 is 0 Å². The molecule has 21 heavy (non-hydrogen) atoms. The first kappa shape index (κ1) is 12.6. The summed E-state index contributed by atoms with van der Waals surface area (Å²) in [4.78, 5) is 25.0. The van der Waals surface area contributed by atoms with Gasteiger partial charge in [-0.15, -0.1) is 0 Å². The lowest BCUT2D eigenvalue weighted by atomic mass is 9.86. The van der Waals surface area contributed by atoms with Crippen LogP contribution in [0.1, 0.15) is 16.8 Å². The second-order valence-electron chi connectivity index (χ2n) is 6.26. The smallest absolute Gasteiger partial charge is 0.282 e. The first-order valence-electron chi connectivity index (χ1n) is 7.36. The van der Waals surface area contributed by atoms with Crippen molar-refractivity contribution in [2.24, 2.45) is 23.7 Å². The molecule has 2 aliphatic carbocycles. The number of amides is 1. The van der Waals surface area contributed by atoms with E-state index >= 15 is 0 Å². The van der Waals surface area contributed by atoms with E-state index in [1.807, 2.05) is 4.90 Å². The van der Waals surface area contributed by atoms with Crippen molar-refractivity contribution in [1.29, 1.82) is 0 Å². The Morgan fingerprint density at radius 3 is 2.38 bits per heavy atom. The Bertz CT molecular complexity index is 635. The van der Waals surface area contributed by atoms with Gasteiger partial charge in [-0.05, 0) is 36.2 Å². The van der Waals surface area contributed by atoms with Gasteiger partial charge in [0, 0.05) is 19.2 Å². The quantitative estimate of drug-likeness (QED) is 0.476. The zero-order chi connectivity index (χ0) is 14.6. The number of allylic oxidation sites excluding steroid dienone is 2. The van der Waals surface area contributed by atoms with Crippen molar-refractivity contribution in [2.45, 2.75) is 6.42 Å². The van der Waals surface area contributed by atoms with E-state index in [9.17, 15) is 14.9 Å².